The van der Waals surface area contributed by atoms with Gasteiger partial charge in [0.25, 0.3) is 0 Å². The van der Waals surface area contributed by atoms with E-state index in [4.69, 9.17) is 4.74 Å². The lowest BCUT2D eigenvalue weighted by Crippen LogP contribution is -2.43. The van der Waals surface area contributed by atoms with Crippen LogP contribution in [0.2, 0.25) is 0 Å². The maximum atomic E-state index is 10.1. The van der Waals surface area contributed by atoms with Crippen LogP contribution in [0.15, 0.2) is 0 Å². The van der Waals surface area contributed by atoms with Crippen molar-refractivity contribution < 1.29 is 9.84 Å². The van der Waals surface area contributed by atoms with Crippen molar-refractivity contribution in [1.82, 2.24) is 0 Å². The summed E-state index contributed by atoms with van der Waals surface area (Å²) < 4.78 is 6.25. The molecule has 0 saturated carbocycles. The highest BCUT2D eigenvalue weighted by Crippen LogP contribution is 2.52. The molecule has 3 heteroatoms. The Kier molecular flexibility index (Phi) is 2.21. The first-order valence-corrected chi connectivity index (χ1v) is 6.14. The van der Waals surface area contributed by atoms with E-state index in [1.54, 1.807) is 0 Å². The second kappa shape index (κ2) is 2.83. The molecule has 2 fully saturated rings. The lowest BCUT2D eigenvalue weighted by molar-refractivity contribution is -0.153. The predicted octanol–water partition coefficient (Wildman–Crippen LogP) is 2.13. The van der Waals surface area contributed by atoms with E-state index in [9.17, 15) is 5.11 Å². The number of fused-ring (bicyclic) bond motifs is 2. The first-order valence-electron chi connectivity index (χ1n) is 4.90. The molecule has 2 nitrogen and oxygen atoms in total. The van der Waals surface area contributed by atoms with E-state index in [-0.39, 0.29) is 21.2 Å². The zero-order chi connectivity index (χ0) is 9.85. The third-order valence-corrected chi connectivity index (χ3v) is 5.46. The van der Waals surface area contributed by atoms with Gasteiger partial charge >= 0.3 is 0 Å². The molecule has 2 aliphatic heterocycles. The Bertz CT molecular complexity index is 211. The molecule has 0 aromatic rings. The van der Waals surface area contributed by atoms with E-state index in [2.05, 4.69) is 36.4 Å². The number of aliphatic hydroxyl groups excluding tert-OH is 1. The average molecular weight is 296 g/mol. The summed E-state index contributed by atoms with van der Waals surface area (Å²) in [6.45, 7) is 6.43. The SMILES string of the molecule is C[C@@H]1C[C@@]2(C)O[C@@](C)(C1)[C@H](O)[C@@H]2I. The van der Waals surface area contributed by atoms with Crippen LogP contribution in [0.4, 0.5) is 0 Å². The van der Waals surface area contributed by atoms with Crippen molar-refractivity contribution >= 4 is 22.6 Å². The Labute approximate surface area is 93.2 Å². The molecule has 2 saturated heterocycles. The minimum absolute atomic E-state index is 0.105. The van der Waals surface area contributed by atoms with Crippen LogP contribution < -0.4 is 0 Å². The molecule has 13 heavy (non-hydrogen) atoms. The van der Waals surface area contributed by atoms with Crippen molar-refractivity contribution in [1.29, 1.82) is 0 Å². The monoisotopic (exact) mass is 296 g/mol. The van der Waals surface area contributed by atoms with Crippen molar-refractivity contribution in [2.75, 3.05) is 0 Å². The Morgan fingerprint density at radius 2 is 1.85 bits per heavy atom. The van der Waals surface area contributed by atoms with Crippen molar-refractivity contribution in [3.05, 3.63) is 0 Å². The number of hydrogen-bond donors (Lipinski definition) is 1. The number of alkyl halides is 1. The highest BCUT2D eigenvalue weighted by molar-refractivity contribution is 14.1. The van der Waals surface area contributed by atoms with Crippen LogP contribution in [0.5, 0.6) is 0 Å². The molecule has 1 N–H and O–H groups in total. The molecular weight excluding hydrogens is 279 g/mol. The first kappa shape index (κ1) is 10.2. The van der Waals surface area contributed by atoms with E-state index in [0.29, 0.717) is 5.92 Å². The normalized spacial score (nSPS) is 61.2. The maximum absolute atomic E-state index is 10.1. The highest BCUT2D eigenvalue weighted by Gasteiger charge is 2.60. The Morgan fingerprint density at radius 1 is 1.31 bits per heavy atom. The van der Waals surface area contributed by atoms with Gasteiger partial charge < -0.3 is 9.84 Å². The lowest BCUT2D eigenvalue weighted by Gasteiger charge is -2.40. The highest BCUT2D eigenvalue weighted by atomic mass is 127. The molecule has 2 bridgehead atoms. The number of aliphatic hydroxyl groups is 1. The van der Waals surface area contributed by atoms with Gasteiger partial charge in [-0.15, -0.1) is 0 Å². The third-order valence-electron chi connectivity index (χ3n) is 3.46. The summed E-state index contributed by atoms with van der Waals surface area (Å²) in [6, 6.07) is 0. The molecule has 5 atom stereocenters. The molecule has 0 amide bonds. The molecule has 2 heterocycles. The summed E-state index contributed by atoms with van der Waals surface area (Å²) in [5.74, 6) is 0.665. The number of hydrogen-bond acceptors (Lipinski definition) is 2. The Morgan fingerprint density at radius 3 is 2.38 bits per heavy atom. The Balaban J connectivity index is 2.35. The van der Waals surface area contributed by atoms with Crippen molar-refractivity contribution in [3.8, 4) is 0 Å². The Hall–Kier alpha value is 0.650. The van der Waals surface area contributed by atoms with Crippen LogP contribution in [0.3, 0.4) is 0 Å². The number of ether oxygens (including phenoxy) is 1. The van der Waals surface area contributed by atoms with E-state index in [0.717, 1.165) is 12.8 Å². The van der Waals surface area contributed by atoms with Gasteiger partial charge in [0.1, 0.15) is 0 Å². The third kappa shape index (κ3) is 1.35. The zero-order valence-electron chi connectivity index (χ0n) is 8.38. The van der Waals surface area contributed by atoms with Crippen molar-refractivity contribution in [2.45, 2.75) is 54.8 Å². The molecule has 76 valence electrons. The summed E-state index contributed by atoms with van der Waals surface area (Å²) in [5.41, 5.74) is -0.398. The molecule has 0 spiro atoms. The van der Waals surface area contributed by atoms with Gasteiger partial charge in [-0.1, -0.05) is 29.5 Å². The maximum Gasteiger partial charge on any atom is 0.0972 e. The van der Waals surface area contributed by atoms with Gasteiger partial charge in [-0.3, -0.25) is 0 Å². The lowest BCUT2D eigenvalue weighted by atomic mass is 9.86. The number of halogens is 1. The van der Waals surface area contributed by atoms with E-state index < -0.39 is 0 Å². The molecule has 2 rings (SSSR count). The van der Waals surface area contributed by atoms with Gasteiger partial charge in [0, 0.05) is 0 Å². The minimum atomic E-state index is -0.303. The van der Waals surface area contributed by atoms with Crippen molar-refractivity contribution in [2.24, 2.45) is 5.92 Å². The summed E-state index contributed by atoms with van der Waals surface area (Å²) >= 11 is 2.34. The van der Waals surface area contributed by atoms with Gasteiger partial charge in [0.05, 0.1) is 21.2 Å². The van der Waals surface area contributed by atoms with Gasteiger partial charge in [-0.25, -0.2) is 0 Å². The van der Waals surface area contributed by atoms with Gasteiger partial charge in [-0.05, 0) is 32.6 Å². The standard InChI is InChI=1S/C10H17IO2/c1-6-4-9(2)7(11)8(12)10(3,5-6)13-9/h6-8,12H,4-5H2,1-3H3/t6-,7+,8-,9-,10+/m1/s1. The fourth-order valence-electron chi connectivity index (χ4n) is 3.07. The van der Waals surface area contributed by atoms with Crippen molar-refractivity contribution in [3.63, 3.8) is 0 Å². The molecule has 2 aliphatic rings. The van der Waals surface area contributed by atoms with Crippen LogP contribution in [0.1, 0.15) is 33.6 Å². The largest absolute Gasteiger partial charge is 0.389 e. The smallest absolute Gasteiger partial charge is 0.0972 e. The minimum Gasteiger partial charge on any atom is -0.389 e. The zero-order valence-corrected chi connectivity index (χ0v) is 10.5. The molecular formula is C10H17IO2. The fourth-order valence-corrected chi connectivity index (χ4v) is 4.21. The van der Waals surface area contributed by atoms with Crippen LogP contribution in [-0.4, -0.2) is 26.3 Å². The molecule has 0 aromatic carbocycles. The van der Waals surface area contributed by atoms with Crippen LogP contribution in [0, 0.1) is 5.92 Å². The quantitative estimate of drug-likeness (QED) is 0.548. The van der Waals surface area contributed by atoms with Gasteiger partial charge in [0.2, 0.25) is 0 Å². The molecule has 0 aromatic heterocycles. The molecule has 0 radical (unpaired) electrons. The van der Waals surface area contributed by atoms with Crippen LogP contribution >= 0.6 is 22.6 Å². The summed E-state index contributed by atoms with van der Waals surface area (Å²) in [5, 5.41) is 10.1. The number of rotatable bonds is 0. The van der Waals surface area contributed by atoms with E-state index in [1.165, 1.54) is 0 Å². The summed E-state index contributed by atoms with van der Waals surface area (Å²) in [7, 11) is 0. The molecule has 0 aliphatic carbocycles. The van der Waals surface area contributed by atoms with Crippen LogP contribution in [-0.2, 0) is 4.74 Å². The fraction of sp³-hybridized carbons (Fsp3) is 1.00. The van der Waals surface area contributed by atoms with Gasteiger partial charge in [0.15, 0.2) is 0 Å². The second-order valence-electron chi connectivity index (χ2n) is 5.09. The van der Waals surface area contributed by atoms with Crippen LogP contribution in [0.25, 0.3) is 0 Å². The molecule has 0 unspecified atom stereocenters. The van der Waals surface area contributed by atoms with E-state index in [1.807, 2.05) is 6.92 Å². The second-order valence-corrected chi connectivity index (χ2v) is 6.43. The predicted molar refractivity (Wildman–Crippen MR) is 60.1 cm³/mol. The topological polar surface area (TPSA) is 29.5 Å². The van der Waals surface area contributed by atoms with E-state index >= 15 is 0 Å². The summed E-state index contributed by atoms with van der Waals surface area (Å²) in [4.78, 5) is 0. The summed E-state index contributed by atoms with van der Waals surface area (Å²) in [6.07, 6.45) is 1.76. The van der Waals surface area contributed by atoms with Gasteiger partial charge in [-0.2, -0.15) is 0 Å². The average Bonchev–Trinajstić information content (AvgIpc) is 2.08. The first-order chi connectivity index (χ1) is 5.87.